The van der Waals surface area contributed by atoms with E-state index in [2.05, 4.69) is 0 Å². The molecule has 0 saturated carbocycles. The van der Waals surface area contributed by atoms with E-state index in [0.29, 0.717) is 17.9 Å². The monoisotopic (exact) mass is 250 g/mol. The van der Waals surface area contributed by atoms with Crippen LogP contribution in [0.15, 0.2) is 24.3 Å². The van der Waals surface area contributed by atoms with Crippen LogP contribution in [-0.4, -0.2) is 24.3 Å². The summed E-state index contributed by atoms with van der Waals surface area (Å²) in [5.74, 6) is -0.266. The zero-order valence-corrected chi connectivity index (χ0v) is 10.4. The van der Waals surface area contributed by atoms with Gasteiger partial charge in [-0.25, -0.2) is 4.79 Å². The molecule has 1 heterocycles. The number of aliphatic hydroxyl groups excluding tert-OH is 1. The second kappa shape index (κ2) is 5.29. The van der Waals surface area contributed by atoms with Crippen molar-refractivity contribution in [3.8, 4) is 0 Å². The number of ether oxygens (including phenoxy) is 1. The summed E-state index contributed by atoms with van der Waals surface area (Å²) in [5.41, 5.74) is 1.08. The smallest absolute Gasteiger partial charge is 0.348 e. The van der Waals surface area contributed by atoms with E-state index in [4.69, 9.17) is 9.84 Å². The molecule has 0 aliphatic carbocycles. The quantitative estimate of drug-likeness (QED) is 0.848. The van der Waals surface area contributed by atoms with Gasteiger partial charge in [0.2, 0.25) is 0 Å². The Kier molecular flexibility index (Phi) is 3.76. The zero-order chi connectivity index (χ0) is 12.3. The van der Waals surface area contributed by atoms with Crippen molar-refractivity contribution in [2.75, 3.05) is 13.2 Å². The van der Waals surface area contributed by atoms with Gasteiger partial charge >= 0.3 is 5.97 Å². The van der Waals surface area contributed by atoms with Crippen LogP contribution < -0.4 is 0 Å². The Morgan fingerprint density at radius 2 is 2.24 bits per heavy atom. The van der Waals surface area contributed by atoms with Crippen molar-refractivity contribution in [1.29, 1.82) is 0 Å². The molecule has 0 radical (unpaired) electrons. The maximum Gasteiger partial charge on any atom is 0.348 e. The number of hydrogen-bond acceptors (Lipinski definition) is 4. The second-order valence-electron chi connectivity index (χ2n) is 3.68. The maximum absolute atomic E-state index is 11.6. The third-order valence-electron chi connectivity index (χ3n) is 2.46. The number of benzene rings is 1. The normalized spacial score (nSPS) is 10.7. The number of fused-ring (bicyclic) bond motifs is 1. The molecule has 0 saturated heterocycles. The fourth-order valence-electron chi connectivity index (χ4n) is 1.66. The molecule has 0 aliphatic rings. The summed E-state index contributed by atoms with van der Waals surface area (Å²) in [7, 11) is 0. The predicted octanol–water partition coefficient (Wildman–Crippen LogP) is 2.61. The van der Waals surface area contributed by atoms with Gasteiger partial charge < -0.3 is 9.84 Å². The van der Waals surface area contributed by atoms with Gasteiger partial charge in [-0.2, -0.15) is 0 Å². The zero-order valence-electron chi connectivity index (χ0n) is 9.60. The average molecular weight is 250 g/mol. The molecule has 90 valence electrons. The van der Waals surface area contributed by atoms with Crippen molar-refractivity contribution < 1.29 is 14.6 Å². The van der Waals surface area contributed by atoms with Crippen molar-refractivity contribution in [2.45, 2.75) is 13.3 Å². The minimum absolute atomic E-state index is 0.140. The molecular formula is C13H14O3S. The highest BCUT2D eigenvalue weighted by Crippen LogP contribution is 2.27. The minimum Gasteiger partial charge on any atom is -0.462 e. The molecule has 4 heteroatoms. The Bertz CT molecular complexity index is 530. The summed E-state index contributed by atoms with van der Waals surface area (Å²) in [5, 5.41) is 9.93. The maximum atomic E-state index is 11.6. The van der Waals surface area contributed by atoms with Crippen LogP contribution in [0.2, 0.25) is 0 Å². The Labute approximate surface area is 104 Å². The third kappa shape index (κ3) is 2.65. The molecule has 0 amide bonds. The molecule has 1 aromatic carbocycles. The molecule has 1 aromatic heterocycles. The van der Waals surface area contributed by atoms with Gasteiger partial charge in [0, 0.05) is 11.3 Å². The van der Waals surface area contributed by atoms with E-state index in [1.807, 2.05) is 24.3 Å². The summed E-state index contributed by atoms with van der Waals surface area (Å²) < 4.78 is 6.02. The molecule has 0 bridgehead atoms. The number of thiophene rings is 1. The van der Waals surface area contributed by atoms with Crippen LogP contribution >= 0.6 is 11.3 Å². The van der Waals surface area contributed by atoms with Gasteiger partial charge in [0.25, 0.3) is 0 Å². The Hall–Kier alpha value is -1.39. The molecule has 3 nitrogen and oxygen atoms in total. The largest absolute Gasteiger partial charge is 0.462 e. The van der Waals surface area contributed by atoms with Crippen molar-refractivity contribution >= 4 is 27.4 Å². The first-order chi connectivity index (χ1) is 8.24. The molecule has 0 aliphatic heterocycles. The van der Waals surface area contributed by atoms with E-state index in [-0.39, 0.29) is 12.6 Å². The molecule has 0 fully saturated rings. The fourth-order valence-corrected chi connectivity index (χ4v) is 2.68. The molecule has 0 spiro atoms. The summed E-state index contributed by atoms with van der Waals surface area (Å²) in [4.78, 5) is 12.2. The Balaban J connectivity index is 2.33. The average Bonchev–Trinajstić information content (AvgIpc) is 2.73. The van der Waals surface area contributed by atoms with Crippen LogP contribution in [0, 0.1) is 0 Å². The van der Waals surface area contributed by atoms with Gasteiger partial charge in [-0.15, -0.1) is 11.3 Å². The van der Waals surface area contributed by atoms with Crippen molar-refractivity contribution in [3.05, 3.63) is 34.7 Å². The van der Waals surface area contributed by atoms with E-state index in [9.17, 15) is 4.79 Å². The van der Waals surface area contributed by atoms with E-state index in [1.165, 1.54) is 11.3 Å². The molecule has 1 N–H and O–H groups in total. The van der Waals surface area contributed by atoms with Crippen molar-refractivity contribution in [2.24, 2.45) is 0 Å². The minimum atomic E-state index is -0.266. The van der Waals surface area contributed by atoms with Gasteiger partial charge in [-0.1, -0.05) is 12.1 Å². The summed E-state index contributed by atoms with van der Waals surface area (Å²) in [6.45, 7) is 2.33. The van der Waals surface area contributed by atoms with Gasteiger partial charge in [0.15, 0.2) is 0 Å². The predicted molar refractivity (Wildman–Crippen MR) is 68.6 cm³/mol. The van der Waals surface area contributed by atoms with Gasteiger partial charge in [-0.05, 0) is 36.4 Å². The van der Waals surface area contributed by atoms with Crippen LogP contribution in [0.25, 0.3) is 10.1 Å². The molecule has 0 atom stereocenters. The van der Waals surface area contributed by atoms with Crippen molar-refractivity contribution in [1.82, 2.24) is 0 Å². The molecule has 2 aromatic rings. The molecule has 17 heavy (non-hydrogen) atoms. The van der Waals surface area contributed by atoms with Crippen molar-refractivity contribution in [3.63, 3.8) is 0 Å². The number of aliphatic hydroxyl groups is 1. The number of carbonyl (C=O) groups is 1. The van der Waals surface area contributed by atoms with E-state index >= 15 is 0 Å². The Morgan fingerprint density at radius 1 is 1.41 bits per heavy atom. The number of esters is 1. The summed E-state index contributed by atoms with van der Waals surface area (Å²) in [6.07, 6.45) is 0.641. The molecular weight excluding hydrogens is 236 g/mol. The first-order valence-corrected chi connectivity index (χ1v) is 6.36. The Morgan fingerprint density at radius 3 is 2.94 bits per heavy atom. The first-order valence-electron chi connectivity index (χ1n) is 5.55. The van der Waals surface area contributed by atoms with Gasteiger partial charge in [0.1, 0.15) is 4.88 Å². The first kappa shape index (κ1) is 12.1. The second-order valence-corrected chi connectivity index (χ2v) is 4.76. The SMILES string of the molecule is CCOC(=O)c1cc2ccc(CCO)cc2s1. The van der Waals surface area contributed by atoms with Crippen LogP contribution in [0.3, 0.4) is 0 Å². The van der Waals surface area contributed by atoms with E-state index in [0.717, 1.165) is 15.6 Å². The third-order valence-corrected chi connectivity index (χ3v) is 3.54. The molecule has 2 rings (SSSR count). The highest BCUT2D eigenvalue weighted by molar-refractivity contribution is 7.20. The van der Waals surface area contributed by atoms with Crippen LogP contribution in [0.1, 0.15) is 22.2 Å². The number of rotatable bonds is 4. The number of hydrogen-bond donors (Lipinski definition) is 1. The fraction of sp³-hybridized carbons (Fsp3) is 0.308. The summed E-state index contributed by atoms with van der Waals surface area (Å²) >= 11 is 1.43. The lowest BCUT2D eigenvalue weighted by molar-refractivity contribution is 0.0532. The van der Waals surface area contributed by atoms with E-state index in [1.54, 1.807) is 6.92 Å². The molecule has 0 unspecified atom stereocenters. The highest BCUT2D eigenvalue weighted by Gasteiger charge is 2.11. The lowest BCUT2D eigenvalue weighted by Gasteiger charge is -1.97. The van der Waals surface area contributed by atoms with E-state index < -0.39 is 0 Å². The van der Waals surface area contributed by atoms with Gasteiger partial charge in [-0.3, -0.25) is 0 Å². The summed E-state index contributed by atoms with van der Waals surface area (Å²) in [6, 6.07) is 7.80. The highest BCUT2D eigenvalue weighted by atomic mass is 32.1. The standard InChI is InChI=1S/C13H14O3S/c1-2-16-13(15)12-8-10-4-3-9(5-6-14)7-11(10)17-12/h3-4,7-8,14H,2,5-6H2,1H3. The van der Waals surface area contributed by atoms with Gasteiger partial charge in [0.05, 0.1) is 6.61 Å². The lowest BCUT2D eigenvalue weighted by atomic mass is 10.1. The van der Waals surface area contributed by atoms with Crippen LogP contribution in [-0.2, 0) is 11.2 Å². The lowest BCUT2D eigenvalue weighted by Crippen LogP contribution is -2.01. The van der Waals surface area contributed by atoms with Crippen LogP contribution in [0.4, 0.5) is 0 Å². The topological polar surface area (TPSA) is 46.5 Å². The van der Waals surface area contributed by atoms with Crippen LogP contribution in [0.5, 0.6) is 0 Å². The number of carbonyl (C=O) groups excluding carboxylic acids is 1.